The standard InChI is InChI=1S/C60H52N2O2Si/c1-41-35-51(61(47-21-11-7-12-22-47)48-23-13-8-14-24-48)36-42(2)59(41)45-31-33-55-53-29-19-20-30-54(53)56-34-32-46(40-58(56)65(63-5,64-6)57(55)39-45)60-43(3)37-52(38-44(60)4)62(49-25-15-9-16-26-49)50-27-17-10-18-28-50/h7-40H,1-6H3. The second kappa shape index (κ2) is 17.4. The van der Waals surface area contributed by atoms with Crippen molar-refractivity contribution in [2.75, 3.05) is 24.0 Å². The number of hydrogen-bond acceptors (Lipinski definition) is 4. The van der Waals surface area contributed by atoms with E-state index in [0.717, 1.165) is 66.8 Å². The summed E-state index contributed by atoms with van der Waals surface area (Å²) in [5.41, 5.74) is 20.8. The van der Waals surface area contributed by atoms with E-state index in [-0.39, 0.29) is 0 Å². The smallest absolute Gasteiger partial charge is 0.391 e. The van der Waals surface area contributed by atoms with E-state index in [0.29, 0.717) is 0 Å². The number of rotatable bonds is 10. The molecule has 0 bridgehead atoms. The van der Waals surface area contributed by atoms with Gasteiger partial charge in [0.25, 0.3) is 0 Å². The lowest BCUT2D eigenvalue weighted by molar-refractivity contribution is 0.273. The van der Waals surface area contributed by atoms with Crippen molar-refractivity contribution in [1.82, 2.24) is 0 Å². The Labute approximate surface area is 384 Å². The Balaban J connectivity index is 1.11. The molecule has 0 amide bonds. The third-order valence-corrected chi connectivity index (χ3v) is 16.4. The van der Waals surface area contributed by atoms with Crippen molar-refractivity contribution in [2.24, 2.45) is 0 Å². The van der Waals surface area contributed by atoms with Crippen molar-refractivity contribution in [1.29, 1.82) is 0 Å². The molecule has 1 aliphatic heterocycles. The van der Waals surface area contributed by atoms with Crippen LogP contribution in [0, 0.1) is 27.7 Å². The van der Waals surface area contributed by atoms with Gasteiger partial charge < -0.3 is 18.7 Å². The number of fused-ring (bicyclic) bond motifs is 5. The van der Waals surface area contributed by atoms with Crippen LogP contribution >= 0.6 is 0 Å². The Hall–Kier alpha value is -7.28. The van der Waals surface area contributed by atoms with Gasteiger partial charge in [-0.15, -0.1) is 0 Å². The Morgan fingerprint density at radius 2 is 0.600 bits per heavy atom. The molecule has 1 aliphatic rings. The molecule has 0 fully saturated rings. The monoisotopic (exact) mass is 860 g/mol. The van der Waals surface area contributed by atoms with Gasteiger partial charge >= 0.3 is 8.56 Å². The molecule has 0 aliphatic carbocycles. The molecule has 0 saturated heterocycles. The highest BCUT2D eigenvalue weighted by molar-refractivity contribution is 6.94. The zero-order valence-corrected chi connectivity index (χ0v) is 38.8. The van der Waals surface area contributed by atoms with Gasteiger partial charge in [0.15, 0.2) is 0 Å². The van der Waals surface area contributed by atoms with Gasteiger partial charge in [-0.1, -0.05) is 121 Å². The second-order valence-electron chi connectivity index (χ2n) is 17.0. The molecule has 10 rings (SSSR count). The molecule has 1 heterocycles. The molecule has 5 heteroatoms. The molecule has 0 saturated carbocycles. The van der Waals surface area contributed by atoms with Crippen LogP contribution in [0.15, 0.2) is 206 Å². The van der Waals surface area contributed by atoms with Crippen LogP contribution < -0.4 is 20.2 Å². The van der Waals surface area contributed by atoms with E-state index in [4.69, 9.17) is 8.85 Å². The van der Waals surface area contributed by atoms with Gasteiger partial charge in [0, 0.05) is 58.7 Å². The van der Waals surface area contributed by atoms with Crippen LogP contribution in [0.25, 0.3) is 44.5 Å². The fourth-order valence-corrected chi connectivity index (χ4v) is 13.5. The summed E-state index contributed by atoms with van der Waals surface area (Å²) in [5, 5.41) is 2.21. The first-order chi connectivity index (χ1) is 31.8. The predicted octanol–water partition coefficient (Wildman–Crippen LogP) is 14.7. The highest BCUT2D eigenvalue weighted by atomic mass is 28.4. The highest BCUT2D eigenvalue weighted by Gasteiger charge is 2.47. The first kappa shape index (κ1) is 41.7. The molecular weight excluding hydrogens is 809 g/mol. The number of nitrogens with zero attached hydrogens (tertiary/aromatic N) is 2. The van der Waals surface area contributed by atoms with Crippen molar-refractivity contribution in [3.63, 3.8) is 0 Å². The van der Waals surface area contributed by atoms with Crippen LogP contribution in [0.2, 0.25) is 0 Å². The molecular formula is C60H52N2O2Si. The summed E-state index contributed by atoms with van der Waals surface area (Å²) in [6, 6.07) is 74.3. The van der Waals surface area contributed by atoms with Gasteiger partial charge in [0.05, 0.1) is 0 Å². The van der Waals surface area contributed by atoms with Crippen LogP contribution in [-0.2, 0) is 8.85 Å². The number of anilines is 6. The SMILES string of the molecule is CO[Si]1(OC)c2cc(-c3c(C)cc(N(c4ccccc4)c4ccccc4)cc3C)ccc2-c2ccccc2-c2ccc(-c3c(C)cc(N(c4ccccc4)c4ccccc4)cc3C)cc21. The van der Waals surface area contributed by atoms with Crippen molar-refractivity contribution in [3.05, 3.63) is 229 Å². The number of aryl methyl sites for hydroxylation is 4. The average molecular weight is 861 g/mol. The van der Waals surface area contributed by atoms with Gasteiger partial charge in [-0.3, -0.25) is 0 Å². The lowest BCUT2D eigenvalue weighted by atomic mass is 9.90. The van der Waals surface area contributed by atoms with Crippen LogP contribution in [-0.4, -0.2) is 22.8 Å². The third kappa shape index (κ3) is 7.38. The van der Waals surface area contributed by atoms with Crippen LogP contribution in [0.5, 0.6) is 0 Å². The summed E-state index contributed by atoms with van der Waals surface area (Å²) in [5.74, 6) is 0. The number of para-hydroxylation sites is 4. The fourth-order valence-electron chi connectivity index (χ4n) is 10.3. The first-order valence-electron chi connectivity index (χ1n) is 22.3. The fraction of sp³-hybridized carbons (Fsp3) is 0.100. The maximum Gasteiger partial charge on any atom is 0.407 e. The van der Waals surface area contributed by atoms with E-state index in [1.165, 1.54) is 44.5 Å². The molecule has 4 nitrogen and oxygen atoms in total. The Morgan fingerprint density at radius 1 is 0.308 bits per heavy atom. The van der Waals surface area contributed by atoms with E-state index in [2.05, 4.69) is 244 Å². The van der Waals surface area contributed by atoms with Crippen molar-refractivity contribution < 1.29 is 8.85 Å². The summed E-state index contributed by atoms with van der Waals surface area (Å²) >= 11 is 0. The topological polar surface area (TPSA) is 24.9 Å². The van der Waals surface area contributed by atoms with E-state index in [9.17, 15) is 0 Å². The summed E-state index contributed by atoms with van der Waals surface area (Å²) in [7, 11) is 0.295. The van der Waals surface area contributed by atoms with E-state index in [1.54, 1.807) is 0 Å². The minimum atomic E-state index is -3.37. The summed E-state index contributed by atoms with van der Waals surface area (Å²) < 4.78 is 13.8. The molecule has 0 unspecified atom stereocenters. The van der Waals surface area contributed by atoms with Crippen LogP contribution in [0.4, 0.5) is 34.1 Å². The third-order valence-electron chi connectivity index (χ3n) is 13.0. The van der Waals surface area contributed by atoms with E-state index in [1.807, 2.05) is 14.2 Å². The summed E-state index contributed by atoms with van der Waals surface area (Å²) in [4.78, 5) is 4.67. The number of hydrogen-bond donors (Lipinski definition) is 0. The number of benzene rings is 9. The van der Waals surface area contributed by atoms with Gasteiger partial charge in [0.2, 0.25) is 0 Å². The Morgan fingerprint density at radius 3 is 0.892 bits per heavy atom. The molecule has 9 aromatic carbocycles. The predicted molar refractivity (Wildman–Crippen MR) is 276 cm³/mol. The van der Waals surface area contributed by atoms with Crippen LogP contribution in [0.3, 0.4) is 0 Å². The molecule has 0 atom stereocenters. The second-order valence-corrected chi connectivity index (χ2v) is 20.1. The van der Waals surface area contributed by atoms with Crippen molar-refractivity contribution in [2.45, 2.75) is 27.7 Å². The van der Waals surface area contributed by atoms with Gasteiger partial charge in [-0.05, 0) is 179 Å². The van der Waals surface area contributed by atoms with Gasteiger partial charge in [0.1, 0.15) is 0 Å². The van der Waals surface area contributed by atoms with E-state index < -0.39 is 8.56 Å². The largest absolute Gasteiger partial charge is 0.407 e. The van der Waals surface area contributed by atoms with Crippen LogP contribution in [0.1, 0.15) is 22.3 Å². The first-order valence-corrected chi connectivity index (χ1v) is 24.1. The van der Waals surface area contributed by atoms with Gasteiger partial charge in [-0.25, -0.2) is 0 Å². The maximum atomic E-state index is 6.90. The maximum absolute atomic E-state index is 6.90. The molecule has 0 aromatic heterocycles. The lowest BCUT2D eigenvalue weighted by Crippen LogP contribution is -2.63. The molecule has 65 heavy (non-hydrogen) atoms. The van der Waals surface area contributed by atoms with E-state index >= 15 is 0 Å². The summed E-state index contributed by atoms with van der Waals surface area (Å²) in [6.07, 6.45) is 0. The zero-order valence-electron chi connectivity index (χ0n) is 37.8. The minimum Gasteiger partial charge on any atom is -0.391 e. The Kier molecular flexibility index (Phi) is 11.1. The Bertz CT molecular complexity index is 2830. The van der Waals surface area contributed by atoms with Crippen molar-refractivity contribution >= 4 is 53.1 Å². The quantitative estimate of drug-likeness (QED) is 0.128. The van der Waals surface area contributed by atoms with Gasteiger partial charge in [-0.2, -0.15) is 0 Å². The summed E-state index contributed by atoms with van der Waals surface area (Å²) in [6.45, 7) is 8.92. The highest BCUT2D eigenvalue weighted by Crippen LogP contribution is 2.43. The molecule has 9 aromatic rings. The average Bonchev–Trinajstić information content (AvgIpc) is 3.43. The minimum absolute atomic E-state index is 1.10. The lowest BCUT2D eigenvalue weighted by Gasteiger charge is -2.31. The molecule has 0 N–H and O–H groups in total. The molecule has 0 spiro atoms. The van der Waals surface area contributed by atoms with Crippen molar-refractivity contribution in [3.8, 4) is 44.5 Å². The zero-order chi connectivity index (χ0) is 44.7. The molecule has 318 valence electrons. The normalized spacial score (nSPS) is 12.4. The molecule has 0 radical (unpaired) electrons.